The largest absolute Gasteiger partial charge is 0.454 e. The van der Waals surface area contributed by atoms with Crippen LogP contribution in [0.4, 0.5) is 0 Å². The minimum absolute atomic E-state index is 0.0224. The number of esters is 1. The van der Waals surface area contributed by atoms with Gasteiger partial charge in [-0.05, 0) is 38.7 Å². The van der Waals surface area contributed by atoms with Crippen LogP contribution in [0.15, 0.2) is 11.1 Å². The highest BCUT2D eigenvalue weighted by Gasteiger charge is 2.75. The van der Waals surface area contributed by atoms with Gasteiger partial charge in [0.25, 0.3) is 0 Å². The number of rotatable bonds is 5. The van der Waals surface area contributed by atoms with E-state index in [1.165, 1.54) is 6.92 Å². The van der Waals surface area contributed by atoms with E-state index in [2.05, 4.69) is 0 Å². The van der Waals surface area contributed by atoms with Crippen molar-refractivity contribution in [1.82, 2.24) is 0 Å². The van der Waals surface area contributed by atoms with Gasteiger partial charge < -0.3 is 35.6 Å². The molecule has 0 spiro atoms. The van der Waals surface area contributed by atoms with Gasteiger partial charge in [-0.1, -0.05) is 26.3 Å². The molecule has 0 aromatic heterocycles. The number of ketones is 1. The predicted octanol–water partition coefficient (Wildman–Crippen LogP) is 0.314. The van der Waals surface area contributed by atoms with E-state index in [-0.39, 0.29) is 25.0 Å². The van der Waals surface area contributed by atoms with Crippen molar-refractivity contribution in [3.8, 4) is 0 Å². The molecule has 216 valence electrons. The van der Waals surface area contributed by atoms with E-state index in [4.69, 9.17) is 20.1 Å². The Balaban J connectivity index is 2.00. The van der Waals surface area contributed by atoms with Crippen LogP contribution in [-0.4, -0.2) is 91.8 Å². The van der Waals surface area contributed by atoms with Gasteiger partial charge in [0.2, 0.25) is 0 Å². The van der Waals surface area contributed by atoms with Crippen molar-refractivity contribution in [3.63, 3.8) is 0 Å². The third-order valence-corrected chi connectivity index (χ3v) is 10.7. The first-order valence-electron chi connectivity index (χ1n) is 13.3. The third-order valence-electron chi connectivity index (χ3n) is 10.7. The van der Waals surface area contributed by atoms with Crippen LogP contribution in [0.1, 0.15) is 61.3 Å². The molecule has 2 saturated carbocycles. The average Bonchev–Trinajstić information content (AvgIpc) is 2.81. The normalized spacial score (nSPS) is 46.5. The number of ether oxygens (including phenoxy) is 2. The van der Waals surface area contributed by atoms with Crippen molar-refractivity contribution < 1.29 is 49.6 Å². The molecule has 3 fully saturated rings. The number of carbonyl (C=O) groups excluding carboxylic acids is 2. The molecular weight excluding hydrogens is 498 g/mol. The predicted molar refractivity (Wildman–Crippen MR) is 133 cm³/mol. The van der Waals surface area contributed by atoms with Crippen LogP contribution < -0.4 is 5.73 Å². The maximum Gasteiger partial charge on any atom is 0.303 e. The molecule has 1 saturated heterocycles. The maximum atomic E-state index is 14.3. The number of aliphatic hydroxyl groups is 4. The zero-order chi connectivity index (χ0) is 28.7. The first-order valence-corrected chi connectivity index (χ1v) is 13.3. The molecule has 2 bridgehead atoms. The lowest BCUT2D eigenvalue weighted by Crippen LogP contribution is -2.79. The molecule has 11 heteroatoms. The van der Waals surface area contributed by atoms with Crippen LogP contribution in [0.2, 0.25) is 0 Å². The molecule has 11 nitrogen and oxygen atoms in total. The lowest BCUT2D eigenvalue weighted by Gasteiger charge is -2.68. The van der Waals surface area contributed by atoms with E-state index in [1.54, 1.807) is 41.5 Å². The Morgan fingerprint density at radius 2 is 1.84 bits per heavy atom. The first kappa shape index (κ1) is 29.5. The molecule has 1 aliphatic heterocycles. The van der Waals surface area contributed by atoms with Crippen LogP contribution in [0.5, 0.6) is 0 Å². The molecule has 0 radical (unpaired) electrons. The third kappa shape index (κ3) is 3.63. The second-order valence-electron chi connectivity index (χ2n) is 12.8. The quantitative estimate of drug-likeness (QED) is 0.122. The summed E-state index contributed by atoms with van der Waals surface area (Å²) >= 11 is 0. The summed E-state index contributed by atoms with van der Waals surface area (Å²) in [5.74, 6) is -3.79. The summed E-state index contributed by atoms with van der Waals surface area (Å²) in [4.78, 5) is 31.3. The molecule has 0 amide bonds. The second kappa shape index (κ2) is 9.31. The Morgan fingerprint density at radius 3 is 2.32 bits per heavy atom. The number of fused-ring (bicyclic) bond motifs is 5. The molecule has 0 aromatic rings. The molecule has 10 unspecified atom stereocenters. The average molecular weight is 542 g/mol. The highest BCUT2D eigenvalue weighted by atomic mass is 17.1. The molecule has 4 aliphatic rings. The van der Waals surface area contributed by atoms with Crippen molar-refractivity contribution in [2.24, 2.45) is 34.3 Å². The summed E-state index contributed by atoms with van der Waals surface area (Å²) in [6.07, 6.45) is -6.24. The van der Waals surface area contributed by atoms with Crippen LogP contribution in [-0.2, 0) is 24.0 Å². The van der Waals surface area contributed by atoms with Gasteiger partial charge >= 0.3 is 5.97 Å². The lowest BCUT2D eigenvalue weighted by molar-refractivity contribution is -0.341. The van der Waals surface area contributed by atoms with Crippen molar-refractivity contribution in [2.45, 2.75) is 109 Å². The van der Waals surface area contributed by atoms with E-state index < -0.39 is 88.1 Å². The number of hydrogen-bond donors (Lipinski definition) is 6. The Kier molecular flexibility index (Phi) is 7.23. The fraction of sp³-hybridized carbons (Fsp3) is 0.852. The van der Waals surface area contributed by atoms with Crippen LogP contribution >= 0.6 is 0 Å². The van der Waals surface area contributed by atoms with Crippen molar-refractivity contribution in [3.05, 3.63) is 11.1 Å². The Morgan fingerprint density at radius 1 is 1.24 bits per heavy atom. The van der Waals surface area contributed by atoms with E-state index in [1.807, 2.05) is 0 Å². The van der Waals surface area contributed by atoms with Crippen molar-refractivity contribution in [2.75, 3.05) is 6.61 Å². The Bertz CT molecular complexity index is 1030. The summed E-state index contributed by atoms with van der Waals surface area (Å²) in [5.41, 5.74) is 0.887. The van der Waals surface area contributed by atoms with Gasteiger partial charge in [0.1, 0.15) is 18.3 Å². The van der Waals surface area contributed by atoms with Gasteiger partial charge in [0.15, 0.2) is 11.4 Å². The summed E-state index contributed by atoms with van der Waals surface area (Å²) < 4.78 is 11.6. The van der Waals surface area contributed by atoms with Gasteiger partial charge in [-0.2, -0.15) is 0 Å². The standard InChI is InChI=1S/C27H43NO10/c1-11-15(21(38-35)19(31)13(3)28)9-27(34)12(2)22-25(7,23(33)20(32)18(11)24(27,5)6)16(30)8-17-26(22,10-36-17)37-14(4)29/h12-13,15-17,19-22,30-32,34-35H,8-10,28H2,1-7H3/t12?,13?,15?,16?,17?,19?,20?,21-,22?,25-,26?,27?/m1/s1. The van der Waals surface area contributed by atoms with Gasteiger partial charge in [-0.15, -0.1) is 0 Å². The summed E-state index contributed by atoms with van der Waals surface area (Å²) in [7, 11) is 0. The zero-order valence-electron chi connectivity index (χ0n) is 23.2. The molecule has 38 heavy (non-hydrogen) atoms. The fourth-order valence-corrected chi connectivity index (χ4v) is 8.49. The van der Waals surface area contributed by atoms with Gasteiger partial charge in [0.05, 0.1) is 29.8 Å². The first-order chi connectivity index (χ1) is 17.4. The van der Waals surface area contributed by atoms with Crippen molar-refractivity contribution in [1.29, 1.82) is 0 Å². The molecule has 3 aliphatic carbocycles. The second-order valence-corrected chi connectivity index (χ2v) is 12.8. The van der Waals surface area contributed by atoms with Gasteiger partial charge in [-0.25, -0.2) is 4.89 Å². The number of aliphatic hydroxyl groups excluding tert-OH is 3. The minimum atomic E-state index is -1.73. The number of nitrogens with two attached hydrogens (primary N) is 1. The smallest absolute Gasteiger partial charge is 0.303 e. The highest BCUT2D eigenvalue weighted by molar-refractivity contribution is 5.93. The highest BCUT2D eigenvalue weighted by Crippen LogP contribution is 2.65. The molecule has 4 rings (SSSR count). The lowest BCUT2D eigenvalue weighted by atomic mass is 9.42. The Labute approximate surface area is 222 Å². The fourth-order valence-electron chi connectivity index (χ4n) is 8.49. The number of carbonyl (C=O) groups is 2. The Hall–Kier alpha value is -1.44. The van der Waals surface area contributed by atoms with E-state index in [0.717, 1.165) is 0 Å². The summed E-state index contributed by atoms with van der Waals surface area (Å²) in [5, 5.41) is 56.4. The minimum Gasteiger partial charge on any atom is -0.454 e. The molecular formula is C27H43NO10. The van der Waals surface area contributed by atoms with Crippen LogP contribution in [0.3, 0.4) is 0 Å². The zero-order valence-corrected chi connectivity index (χ0v) is 23.2. The molecule has 1 heterocycles. The SMILES string of the molecule is CC(=O)OC12COC1CC(O)[C@@]1(C)C(=O)C(O)C3=C(C)C([C@@H](OO)C(O)C(C)N)CC(O)(C(C)C21)C3(C)C. The van der Waals surface area contributed by atoms with Gasteiger partial charge in [0, 0.05) is 36.6 Å². The summed E-state index contributed by atoms with van der Waals surface area (Å²) in [6, 6.07) is -0.791. The molecule has 12 atom stereocenters. The van der Waals surface area contributed by atoms with Crippen LogP contribution in [0.25, 0.3) is 0 Å². The number of hydrogen-bond acceptors (Lipinski definition) is 11. The molecule has 0 aromatic carbocycles. The van der Waals surface area contributed by atoms with E-state index in [9.17, 15) is 35.3 Å². The summed E-state index contributed by atoms with van der Waals surface area (Å²) in [6.45, 7) is 11.3. The van der Waals surface area contributed by atoms with Gasteiger partial charge in [-0.3, -0.25) is 14.8 Å². The maximum absolute atomic E-state index is 14.3. The van der Waals surface area contributed by atoms with E-state index in [0.29, 0.717) is 5.57 Å². The topological polar surface area (TPSA) is 189 Å². The monoisotopic (exact) mass is 541 g/mol. The van der Waals surface area contributed by atoms with Crippen molar-refractivity contribution >= 4 is 11.8 Å². The number of Topliss-reactive ketones (excluding diaryl/α,β-unsaturated/α-hetero) is 1. The van der Waals surface area contributed by atoms with E-state index >= 15 is 0 Å². The van der Waals surface area contributed by atoms with Crippen LogP contribution in [0, 0.1) is 28.6 Å². The molecule has 7 N–H and O–H groups in total.